The molecule has 3 nitrogen and oxygen atoms in total. The van der Waals surface area contributed by atoms with Gasteiger partial charge in [-0.1, -0.05) is 201 Å². The van der Waals surface area contributed by atoms with Gasteiger partial charge in [0.25, 0.3) is 0 Å². The zero-order valence-corrected chi connectivity index (χ0v) is 33.3. The van der Waals surface area contributed by atoms with E-state index in [0.717, 1.165) is 44.8 Å². The van der Waals surface area contributed by atoms with E-state index >= 15 is 0 Å². The van der Waals surface area contributed by atoms with Crippen molar-refractivity contribution in [1.82, 2.24) is 0 Å². The lowest BCUT2D eigenvalue weighted by molar-refractivity contribution is 0.0750. The average molecular weight is 673 g/mol. The Morgan fingerprint density at radius 3 is 1.02 bits per heavy atom. The van der Waals surface area contributed by atoms with Crippen LogP contribution >= 0.6 is 12.6 Å². The Kier molecular flexibility index (Phi) is 41.0. The second-order valence-electron chi connectivity index (χ2n) is 14.1. The van der Waals surface area contributed by atoms with Crippen molar-refractivity contribution >= 4 is 22.2 Å². The van der Waals surface area contributed by atoms with Gasteiger partial charge in [-0.05, 0) is 37.4 Å². The van der Waals surface area contributed by atoms with Crippen molar-refractivity contribution in [2.24, 2.45) is 5.92 Å². The van der Waals surface area contributed by atoms with Crippen molar-refractivity contribution in [1.29, 1.82) is 0 Å². The number of thiol groups is 1. The molecule has 45 heavy (non-hydrogen) atoms. The maximum atomic E-state index is 6.44. The van der Waals surface area contributed by atoms with Crippen LogP contribution in [0.2, 0.25) is 0 Å². The molecule has 0 amide bonds. The van der Waals surface area contributed by atoms with Gasteiger partial charge in [0.1, 0.15) is 0 Å². The Labute approximate surface area is 292 Å². The lowest BCUT2D eigenvalue weighted by Gasteiger charge is -2.21. The zero-order chi connectivity index (χ0) is 32.7. The van der Waals surface area contributed by atoms with E-state index in [1.54, 1.807) is 0 Å². The Bertz CT molecular complexity index is 498. The largest absolute Gasteiger partial charge is 0.484 e. The van der Waals surface area contributed by atoms with E-state index in [1.807, 2.05) is 0 Å². The third-order valence-electron chi connectivity index (χ3n) is 9.47. The molecule has 5 heteroatoms. The predicted octanol–water partition coefficient (Wildman–Crippen LogP) is 13.8. The third-order valence-corrected chi connectivity index (χ3v) is 11.2. The smallest absolute Gasteiger partial charge is 0.376 e. The minimum atomic E-state index is -2.07. The van der Waals surface area contributed by atoms with E-state index in [1.165, 1.54) is 186 Å². The molecule has 0 saturated heterocycles. The fraction of sp³-hybridized carbons (Fsp3) is 1.00. The van der Waals surface area contributed by atoms with Gasteiger partial charge in [0, 0.05) is 19.8 Å². The van der Waals surface area contributed by atoms with Crippen LogP contribution in [0.3, 0.4) is 0 Å². The minimum Gasteiger partial charge on any atom is -0.376 e. The van der Waals surface area contributed by atoms with Gasteiger partial charge in [0.15, 0.2) is 0 Å². The van der Waals surface area contributed by atoms with Crippen LogP contribution in [0.5, 0.6) is 0 Å². The molecule has 0 aromatic heterocycles. The summed E-state index contributed by atoms with van der Waals surface area (Å²) in [6.45, 7) is 9.30. The molecule has 0 heterocycles. The van der Waals surface area contributed by atoms with E-state index in [9.17, 15) is 0 Å². The fourth-order valence-corrected chi connectivity index (χ4v) is 8.11. The zero-order valence-electron chi connectivity index (χ0n) is 31.3. The molecule has 0 aliphatic heterocycles. The second-order valence-corrected chi connectivity index (χ2v) is 16.1. The van der Waals surface area contributed by atoms with Crippen LogP contribution in [-0.4, -0.2) is 35.1 Å². The van der Waals surface area contributed by atoms with Crippen molar-refractivity contribution in [3.8, 4) is 0 Å². The monoisotopic (exact) mass is 673 g/mol. The summed E-state index contributed by atoms with van der Waals surface area (Å²) in [7, 11) is -2.07. The van der Waals surface area contributed by atoms with E-state index in [2.05, 4.69) is 33.4 Å². The van der Waals surface area contributed by atoms with Crippen LogP contribution < -0.4 is 0 Å². The Morgan fingerprint density at radius 1 is 0.378 bits per heavy atom. The lowest BCUT2D eigenvalue weighted by Crippen LogP contribution is -2.30. The molecule has 0 spiro atoms. The highest BCUT2D eigenvalue weighted by Crippen LogP contribution is 2.19. The van der Waals surface area contributed by atoms with E-state index < -0.39 is 9.53 Å². The first-order chi connectivity index (χ1) is 22.3. The van der Waals surface area contributed by atoms with Crippen LogP contribution in [0.4, 0.5) is 0 Å². The van der Waals surface area contributed by atoms with E-state index in [-0.39, 0.29) is 0 Å². The highest BCUT2D eigenvalue weighted by Gasteiger charge is 2.18. The molecule has 0 N–H and O–H groups in total. The SMILES string of the molecule is CCCCCCCCCCCCO[SiH](OCCCCCCCCCCCC)OCC(CCS)CCCCCCCCCCCC. The Balaban J connectivity index is 4.26. The molecule has 0 fully saturated rings. The van der Waals surface area contributed by atoms with E-state index in [0.29, 0.717) is 5.92 Å². The van der Waals surface area contributed by atoms with E-state index in [4.69, 9.17) is 13.3 Å². The normalized spacial score (nSPS) is 12.5. The summed E-state index contributed by atoms with van der Waals surface area (Å²) in [4.78, 5) is 0. The Morgan fingerprint density at radius 2 is 0.689 bits per heavy atom. The first-order valence-corrected chi connectivity index (χ1v) is 22.8. The molecular formula is C40H84O3SSi. The number of rotatable bonds is 40. The summed E-state index contributed by atoms with van der Waals surface area (Å²) in [5.74, 6) is 1.53. The molecule has 0 rings (SSSR count). The summed E-state index contributed by atoms with van der Waals surface area (Å²) in [5.41, 5.74) is 0. The van der Waals surface area contributed by atoms with Gasteiger partial charge < -0.3 is 13.3 Å². The van der Waals surface area contributed by atoms with Crippen LogP contribution in [0, 0.1) is 5.92 Å². The lowest BCUT2D eigenvalue weighted by atomic mass is 9.98. The molecule has 272 valence electrons. The average Bonchev–Trinajstić information content (AvgIpc) is 3.05. The third kappa shape index (κ3) is 37.1. The van der Waals surface area contributed by atoms with Gasteiger partial charge in [-0.25, -0.2) is 0 Å². The molecule has 0 aromatic carbocycles. The van der Waals surface area contributed by atoms with Crippen LogP contribution in [0.15, 0.2) is 0 Å². The highest BCUT2D eigenvalue weighted by atomic mass is 32.1. The summed E-state index contributed by atoms with van der Waals surface area (Å²) in [6.07, 6.45) is 43.4. The van der Waals surface area contributed by atoms with Gasteiger partial charge in [-0.2, -0.15) is 12.6 Å². The maximum absolute atomic E-state index is 6.44. The summed E-state index contributed by atoms with van der Waals surface area (Å²) in [6, 6.07) is 0. The van der Waals surface area contributed by atoms with Crippen molar-refractivity contribution in [3.05, 3.63) is 0 Å². The van der Waals surface area contributed by atoms with Crippen molar-refractivity contribution < 1.29 is 13.3 Å². The second kappa shape index (κ2) is 40.6. The van der Waals surface area contributed by atoms with Crippen LogP contribution in [0.25, 0.3) is 0 Å². The maximum Gasteiger partial charge on any atom is 0.484 e. The number of unbranched alkanes of at least 4 members (excludes halogenated alkanes) is 27. The van der Waals surface area contributed by atoms with Crippen molar-refractivity contribution in [2.75, 3.05) is 25.6 Å². The van der Waals surface area contributed by atoms with Gasteiger partial charge in [0.2, 0.25) is 0 Å². The molecule has 0 aliphatic rings. The number of hydrogen-bond acceptors (Lipinski definition) is 4. The fourth-order valence-electron chi connectivity index (χ4n) is 6.31. The van der Waals surface area contributed by atoms with Gasteiger partial charge >= 0.3 is 9.53 Å². The topological polar surface area (TPSA) is 27.7 Å². The molecule has 0 bridgehead atoms. The van der Waals surface area contributed by atoms with Crippen LogP contribution in [-0.2, 0) is 13.3 Å². The highest BCUT2D eigenvalue weighted by molar-refractivity contribution is 7.80. The molecule has 0 aromatic rings. The molecule has 0 radical (unpaired) electrons. The first kappa shape index (κ1) is 45.4. The Hall–Kier alpha value is 0.447. The molecule has 0 aliphatic carbocycles. The summed E-state index contributed by atoms with van der Waals surface area (Å²) < 4.78 is 19.1. The predicted molar refractivity (Wildman–Crippen MR) is 207 cm³/mol. The summed E-state index contributed by atoms with van der Waals surface area (Å²) in [5, 5.41) is 0. The van der Waals surface area contributed by atoms with Crippen molar-refractivity contribution in [3.63, 3.8) is 0 Å². The van der Waals surface area contributed by atoms with Gasteiger partial charge in [0.05, 0.1) is 0 Å². The number of hydrogen-bond donors (Lipinski definition) is 1. The quantitative estimate of drug-likeness (QED) is 0.0399. The van der Waals surface area contributed by atoms with Gasteiger partial charge in [-0.15, -0.1) is 0 Å². The summed E-state index contributed by atoms with van der Waals surface area (Å²) >= 11 is 4.57. The van der Waals surface area contributed by atoms with Crippen molar-refractivity contribution in [2.45, 2.75) is 226 Å². The standard InChI is InChI=1S/C40H84O3SSi/c1-4-7-10-13-16-19-22-25-28-31-34-40(35-38-44)39-43-45(41-36-32-29-26-23-20-17-14-11-8-5-2)42-37-33-30-27-24-21-18-15-12-9-6-3/h40,44-45H,4-39H2,1-3H3. The molecule has 1 atom stereocenters. The van der Waals surface area contributed by atoms with Crippen LogP contribution in [0.1, 0.15) is 226 Å². The van der Waals surface area contributed by atoms with Gasteiger partial charge in [-0.3, -0.25) is 0 Å². The molecule has 0 saturated carbocycles. The minimum absolute atomic E-state index is 0.591. The molecule has 1 unspecified atom stereocenters. The molecular weight excluding hydrogens is 589 g/mol. The first-order valence-electron chi connectivity index (χ1n) is 20.7.